The van der Waals surface area contributed by atoms with Gasteiger partial charge in [-0.2, -0.15) is 5.26 Å². The number of carbonyl (C=O) groups is 1. The highest BCUT2D eigenvalue weighted by Crippen LogP contribution is 2.36. The van der Waals surface area contributed by atoms with Gasteiger partial charge in [0.05, 0.1) is 11.2 Å². The lowest BCUT2D eigenvalue weighted by atomic mass is 9.79. The maximum atomic E-state index is 12.6. The number of benzene rings is 1. The van der Waals surface area contributed by atoms with E-state index in [1.165, 1.54) is 0 Å². The van der Waals surface area contributed by atoms with Crippen LogP contribution >= 0.6 is 15.9 Å². The number of urea groups is 1. The molecule has 1 fully saturated rings. The third-order valence-electron chi connectivity index (χ3n) is 4.41. The molecule has 1 aliphatic rings. The Morgan fingerprint density at radius 2 is 1.88 bits per heavy atom. The number of hydrogen-bond acceptors (Lipinski definition) is 4. The van der Waals surface area contributed by atoms with Crippen molar-refractivity contribution >= 4 is 27.6 Å². The summed E-state index contributed by atoms with van der Waals surface area (Å²) in [7, 11) is 0. The number of rotatable bonds is 3. The number of carbonyl (C=O) groups excluding carboxylic acids is 1. The lowest BCUT2D eigenvalue weighted by Gasteiger charge is -2.37. The molecule has 0 spiro atoms. The summed E-state index contributed by atoms with van der Waals surface area (Å²) < 4.78 is 0.951. The highest BCUT2D eigenvalue weighted by Gasteiger charge is 2.37. The van der Waals surface area contributed by atoms with Gasteiger partial charge in [-0.1, -0.05) is 35.2 Å². The highest BCUT2D eigenvalue weighted by molar-refractivity contribution is 9.10. The molecule has 6 nitrogen and oxygen atoms in total. The third kappa shape index (κ3) is 4.15. The van der Waals surface area contributed by atoms with E-state index < -0.39 is 5.54 Å². The van der Waals surface area contributed by atoms with Crippen LogP contribution in [0, 0.1) is 11.3 Å². The first-order valence-corrected chi connectivity index (χ1v) is 8.99. The van der Waals surface area contributed by atoms with E-state index in [1.807, 2.05) is 30.3 Å². The second-order valence-corrected chi connectivity index (χ2v) is 7.02. The minimum Gasteiger partial charge on any atom is -0.327 e. The molecular formula is C18H18BrN5O. The van der Waals surface area contributed by atoms with Gasteiger partial charge in [0.15, 0.2) is 0 Å². The van der Waals surface area contributed by atoms with Crippen molar-refractivity contribution in [2.45, 2.75) is 37.6 Å². The predicted octanol–water partition coefficient (Wildman–Crippen LogP) is 4.09. The summed E-state index contributed by atoms with van der Waals surface area (Å²) >= 11 is 3.38. The Bertz CT molecular complexity index is 794. The van der Waals surface area contributed by atoms with Crippen molar-refractivity contribution in [3.63, 3.8) is 0 Å². The highest BCUT2D eigenvalue weighted by atomic mass is 79.9. The van der Waals surface area contributed by atoms with Crippen LogP contribution in [-0.2, 0) is 5.54 Å². The molecule has 128 valence electrons. The zero-order valence-corrected chi connectivity index (χ0v) is 15.2. The van der Waals surface area contributed by atoms with Gasteiger partial charge in [-0.05, 0) is 43.2 Å². The molecule has 1 heterocycles. The van der Waals surface area contributed by atoms with Gasteiger partial charge in [0, 0.05) is 16.4 Å². The van der Waals surface area contributed by atoms with Crippen LogP contribution in [0.15, 0.2) is 41.0 Å². The van der Waals surface area contributed by atoms with Crippen LogP contribution in [0.5, 0.6) is 0 Å². The van der Waals surface area contributed by atoms with Gasteiger partial charge in [0.2, 0.25) is 5.82 Å². The number of hydrogen-bond donors (Lipinski definition) is 2. The van der Waals surface area contributed by atoms with Crippen molar-refractivity contribution in [1.29, 1.82) is 5.26 Å². The SMILES string of the molecule is N#Cc1nccc(C2(NC(=O)Nc3ccc(Br)cc3)CCCCC2)n1. The summed E-state index contributed by atoms with van der Waals surface area (Å²) in [5, 5.41) is 15.0. The fourth-order valence-corrected chi connectivity index (χ4v) is 3.46. The van der Waals surface area contributed by atoms with E-state index in [9.17, 15) is 4.79 Å². The molecule has 0 radical (unpaired) electrons. The molecule has 0 saturated heterocycles. The average Bonchev–Trinajstić information content (AvgIpc) is 2.64. The normalized spacial score (nSPS) is 15.8. The number of aromatic nitrogens is 2. The van der Waals surface area contributed by atoms with Crippen LogP contribution in [0.1, 0.15) is 43.6 Å². The van der Waals surface area contributed by atoms with Gasteiger partial charge in [0.25, 0.3) is 0 Å². The monoisotopic (exact) mass is 399 g/mol. The number of nitriles is 1. The summed E-state index contributed by atoms with van der Waals surface area (Å²) in [6, 6.07) is 10.9. The Balaban J connectivity index is 1.81. The molecule has 1 aliphatic carbocycles. The molecule has 0 bridgehead atoms. The number of nitrogens with zero attached hydrogens (tertiary/aromatic N) is 3. The standard InChI is InChI=1S/C18H18BrN5O/c19-13-4-6-14(7-5-13)22-17(25)24-18(9-2-1-3-10-18)15-8-11-21-16(12-20)23-15/h4-8,11H,1-3,9-10H2,(H2,22,24,25). The van der Waals surface area contributed by atoms with Crippen LogP contribution in [0.3, 0.4) is 0 Å². The first kappa shape index (κ1) is 17.4. The largest absolute Gasteiger partial charge is 0.327 e. The van der Waals surface area contributed by atoms with Gasteiger partial charge in [-0.3, -0.25) is 0 Å². The third-order valence-corrected chi connectivity index (χ3v) is 4.94. The molecule has 0 atom stereocenters. The van der Waals surface area contributed by atoms with E-state index in [0.29, 0.717) is 11.4 Å². The van der Waals surface area contributed by atoms with Crippen molar-refractivity contribution in [3.05, 3.63) is 52.5 Å². The molecule has 1 aromatic carbocycles. The van der Waals surface area contributed by atoms with E-state index in [1.54, 1.807) is 12.3 Å². The fourth-order valence-electron chi connectivity index (χ4n) is 3.19. The van der Waals surface area contributed by atoms with Gasteiger partial charge < -0.3 is 10.6 Å². The molecular weight excluding hydrogens is 382 g/mol. The maximum absolute atomic E-state index is 12.6. The van der Waals surface area contributed by atoms with Crippen LogP contribution in [-0.4, -0.2) is 16.0 Å². The number of amides is 2. The van der Waals surface area contributed by atoms with Crippen molar-refractivity contribution < 1.29 is 4.79 Å². The Morgan fingerprint density at radius 3 is 2.56 bits per heavy atom. The number of anilines is 1. The Labute approximate surface area is 154 Å². The van der Waals surface area contributed by atoms with Crippen LogP contribution in [0.2, 0.25) is 0 Å². The second-order valence-electron chi connectivity index (χ2n) is 6.11. The van der Waals surface area contributed by atoms with Crippen LogP contribution < -0.4 is 10.6 Å². The molecule has 1 aromatic heterocycles. The van der Waals surface area contributed by atoms with E-state index in [-0.39, 0.29) is 11.9 Å². The van der Waals surface area contributed by atoms with Gasteiger partial charge in [-0.15, -0.1) is 0 Å². The minimum absolute atomic E-state index is 0.123. The van der Waals surface area contributed by atoms with E-state index in [0.717, 1.165) is 36.6 Å². The first-order chi connectivity index (χ1) is 12.1. The lowest BCUT2D eigenvalue weighted by Crippen LogP contribution is -2.49. The van der Waals surface area contributed by atoms with Crippen molar-refractivity contribution in [1.82, 2.24) is 15.3 Å². The smallest absolute Gasteiger partial charge is 0.319 e. The molecule has 25 heavy (non-hydrogen) atoms. The Morgan fingerprint density at radius 1 is 1.16 bits per heavy atom. The topological polar surface area (TPSA) is 90.7 Å². The zero-order chi connectivity index (χ0) is 17.7. The summed E-state index contributed by atoms with van der Waals surface area (Å²) in [5.74, 6) is 0.123. The molecule has 2 N–H and O–H groups in total. The van der Waals surface area contributed by atoms with Crippen molar-refractivity contribution in [2.75, 3.05) is 5.32 Å². The van der Waals surface area contributed by atoms with E-state index >= 15 is 0 Å². The zero-order valence-electron chi connectivity index (χ0n) is 13.6. The number of halogens is 1. The fraction of sp³-hybridized carbons (Fsp3) is 0.333. The first-order valence-electron chi connectivity index (χ1n) is 8.20. The van der Waals surface area contributed by atoms with E-state index in [4.69, 9.17) is 5.26 Å². The molecule has 3 rings (SSSR count). The summed E-state index contributed by atoms with van der Waals surface area (Å²) in [6.07, 6.45) is 6.31. The van der Waals surface area contributed by atoms with E-state index in [2.05, 4.69) is 36.5 Å². The quantitative estimate of drug-likeness (QED) is 0.812. The van der Waals surface area contributed by atoms with Gasteiger partial charge in [-0.25, -0.2) is 14.8 Å². The molecule has 0 unspecified atom stereocenters. The average molecular weight is 400 g/mol. The predicted molar refractivity (Wildman–Crippen MR) is 97.8 cm³/mol. The van der Waals surface area contributed by atoms with Crippen LogP contribution in [0.4, 0.5) is 10.5 Å². The summed E-state index contributed by atoms with van der Waals surface area (Å²) in [5.41, 5.74) is 0.850. The molecule has 0 aliphatic heterocycles. The molecule has 2 amide bonds. The molecule has 2 aromatic rings. The van der Waals surface area contributed by atoms with Crippen molar-refractivity contribution in [3.8, 4) is 6.07 Å². The summed E-state index contributed by atoms with van der Waals surface area (Å²) in [6.45, 7) is 0. The van der Waals surface area contributed by atoms with Crippen molar-refractivity contribution in [2.24, 2.45) is 0 Å². The van der Waals surface area contributed by atoms with Crippen LogP contribution in [0.25, 0.3) is 0 Å². The summed E-state index contributed by atoms with van der Waals surface area (Å²) in [4.78, 5) is 20.8. The second kappa shape index (κ2) is 7.62. The number of nitrogens with one attached hydrogen (secondary N) is 2. The Kier molecular flexibility index (Phi) is 5.29. The molecule has 1 saturated carbocycles. The molecule has 7 heteroatoms. The maximum Gasteiger partial charge on any atom is 0.319 e. The van der Waals surface area contributed by atoms with Gasteiger partial charge in [0.1, 0.15) is 6.07 Å². The van der Waals surface area contributed by atoms with Gasteiger partial charge >= 0.3 is 6.03 Å². The lowest BCUT2D eigenvalue weighted by molar-refractivity contribution is 0.209. The Hall–Kier alpha value is -2.46. The minimum atomic E-state index is -0.563.